The third-order valence-corrected chi connectivity index (χ3v) is 4.81. The summed E-state index contributed by atoms with van der Waals surface area (Å²) in [6.07, 6.45) is -2.42. The molecule has 0 unspecified atom stereocenters. The molecular formula is C21H15ClF3N5O2. The summed E-state index contributed by atoms with van der Waals surface area (Å²) in [6, 6.07) is 9.31. The van der Waals surface area contributed by atoms with Gasteiger partial charge in [-0.3, -0.25) is 9.36 Å². The summed E-state index contributed by atoms with van der Waals surface area (Å²) in [6.45, 7) is 1.76. The first kappa shape index (κ1) is 21.6. The van der Waals surface area contributed by atoms with Crippen LogP contribution in [0.15, 0.2) is 48.8 Å². The molecule has 32 heavy (non-hydrogen) atoms. The molecule has 164 valence electrons. The first-order valence-corrected chi connectivity index (χ1v) is 9.59. The highest BCUT2D eigenvalue weighted by Crippen LogP contribution is 2.33. The number of nitrogens with zero attached hydrogens (tertiary/aromatic N) is 4. The predicted octanol–water partition coefficient (Wildman–Crippen LogP) is 5.06. The summed E-state index contributed by atoms with van der Waals surface area (Å²) < 4.78 is 46.8. The third-order valence-electron chi connectivity index (χ3n) is 4.58. The van der Waals surface area contributed by atoms with Crippen molar-refractivity contribution >= 4 is 34.4 Å². The van der Waals surface area contributed by atoms with Gasteiger partial charge in [0.1, 0.15) is 5.75 Å². The van der Waals surface area contributed by atoms with Crippen LogP contribution in [0.5, 0.6) is 5.75 Å². The molecular weight excluding hydrogens is 447 g/mol. The van der Waals surface area contributed by atoms with Crippen LogP contribution < -0.4 is 10.1 Å². The molecule has 0 aliphatic heterocycles. The van der Waals surface area contributed by atoms with E-state index in [-0.39, 0.29) is 28.2 Å². The number of aromatic nitrogens is 4. The van der Waals surface area contributed by atoms with Crippen molar-refractivity contribution in [1.29, 1.82) is 0 Å². The molecule has 2 aromatic carbocycles. The third kappa shape index (κ3) is 4.09. The number of rotatable bonds is 4. The number of alkyl halides is 3. The fourth-order valence-electron chi connectivity index (χ4n) is 3.15. The van der Waals surface area contributed by atoms with E-state index < -0.39 is 17.9 Å². The Kier molecular flexibility index (Phi) is 5.47. The molecule has 4 aromatic rings. The fraction of sp³-hybridized carbons (Fsp3) is 0.143. The number of carbonyl (C=O) groups excluding carboxylic acids is 1. The lowest BCUT2D eigenvalue weighted by Crippen LogP contribution is -2.16. The van der Waals surface area contributed by atoms with Gasteiger partial charge in [0.05, 0.1) is 36.1 Å². The number of benzene rings is 2. The number of carbonyl (C=O) groups is 1. The molecule has 4 rings (SSSR count). The number of halogens is 4. The monoisotopic (exact) mass is 461 g/mol. The summed E-state index contributed by atoms with van der Waals surface area (Å²) in [5, 5.41) is 2.86. The zero-order valence-electron chi connectivity index (χ0n) is 16.7. The maximum absolute atomic E-state index is 13.6. The van der Waals surface area contributed by atoms with Crippen LogP contribution in [-0.4, -0.2) is 32.5 Å². The minimum Gasteiger partial charge on any atom is -0.496 e. The average molecular weight is 462 g/mol. The molecule has 0 aliphatic carbocycles. The number of anilines is 1. The van der Waals surface area contributed by atoms with Gasteiger partial charge in [-0.2, -0.15) is 13.2 Å². The number of aryl methyl sites for hydroxylation is 1. The van der Waals surface area contributed by atoms with Crippen molar-refractivity contribution in [2.75, 3.05) is 12.4 Å². The van der Waals surface area contributed by atoms with Gasteiger partial charge in [0.2, 0.25) is 5.82 Å². The Morgan fingerprint density at radius 2 is 1.91 bits per heavy atom. The summed E-state index contributed by atoms with van der Waals surface area (Å²) in [4.78, 5) is 24.4. The van der Waals surface area contributed by atoms with Crippen LogP contribution in [0.1, 0.15) is 21.7 Å². The first-order valence-electron chi connectivity index (χ1n) is 9.21. The summed E-state index contributed by atoms with van der Waals surface area (Å²) >= 11 is 5.94. The van der Waals surface area contributed by atoms with Gasteiger partial charge in [0.25, 0.3) is 5.91 Å². The molecule has 0 saturated carbocycles. The van der Waals surface area contributed by atoms with Crippen molar-refractivity contribution in [2.45, 2.75) is 13.1 Å². The van der Waals surface area contributed by atoms with Crippen LogP contribution in [-0.2, 0) is 6.18 Å². The number of hydrogen-bond donors (Lipinski definition) is 1. The molecule has 2 heterocycles. The van der Waals surface area contributed by atoms with Crippen LogP contribution in [0.2, 0.25) is 5.02 Å². The van der Waals surface area contributed by atoms with Gasteiger partial charge in [0.15, 0.2) is 11.6 Å². The maximum atomic E-state index is 13.6. The van der Waals surface area contributed by atoms with E-state index in [1.165, 1.54) is 25.3 Å². The number of amides is 1. The Morgan fingerprint density at radius 3 is 2.56 bits per heavy atom. The minimum atomic E-state index is -4.70. The van der Waals surface area contributed by atoms with Crippen molar-refractivity contribution in [3.05, 3.63) is 70.8 Å². The Hall–Kier alpha value is -3.66. The maximum Gasteiger partial charge on any atom is 0.450 e. The number of nitrogens with one attached hydrogen (secondary N) is 1. The topological polar surface area (TPSA) is 81.9 Å². The summed E-state index contributed by atoms with van der Waals surface area (Å²) in [5.74, 6) is -1.44. The van der Waals surface area contributed by atoms with Crippen molar-refractivity contribution in [3.63, 3.8) is 0 Å². The fourth-order valence-corrected chi connectivity index (χ4v) is 3.33. The van der Waals surface area contributed by atoms with Gasteiger partial charge in [-0.25, -0.2) is 15.0 Å². The largest absolute Gasteiger partial charge is 0.496 e. The number of methoxy groups -OCH3 is 1. The van der Waals surface area contributed by atoms with Crippen molar-refractivity contribution in [2.24, 2.45) is 0 Å². The smallest absolute Gasteiger partial charge is 0.450 e. The number of ether oxygens (including phenoxy) is 1. The molecule has 0 saturated heterocycles. The Labute approximate surface area is 184 Å². The SMILES string of the molecule is COc1ccc(Cl)cc1C(=O)Nc1cnc(-n2c(C(F)(F)F)nc3cc(C)ccc32)cn1. The van der Waals surface area contributed by atoms with Crippen LogP contribution in [0.25, 0.3) is 16.9 Å². The molecule has 2 aromatic heterocycles. The Balaban J connectivity index is 1.69. The van der Waals surface area contributed by atoms with E-state index >= 15 is 0 Å². The summed E-state index contributed by atoms with van der Waals surface area (Å²) in [7, 11) is 1.41. The van der Waals surface area contributed by atoms with Crippen molar-refractivity contribution < 1.29 is 22.7 Å². The molecule has 0 fully saturated rings. The van der Waals surface area contributed by atoms with E-state index in [4.69, 9.17) is 16.3 Å². The molecule has 0 atom stereocenters. The van der Waals surface area contributed by atoms with E-state index in [9.17, 15) is 18.0 Å². The highest BCUT2D eigenvalue weighted by atomic mass is 35.5. The number of fused-ring (bicyclic) bond motifs is 1. The van der Waals surface area contributed by atoms with Gasteiger partial charge in [-0.05, 0) is 42.8 Å². The Morgan fingerprint density at radius 1 is 1.12 bits per heavy atom. The molecule has 7 nitrogen and oxygen atoms in total. The van der Waals surface area contributed by atoms with E-state index in [1.807, 2.05) is 0 Å². The number of hydrogen-bond acceptors (Lipinski definition) is 5. The zero-order chi connectivity index (χ0) is 23.0. The second-order valence-electron chi connectivity index (χ2n) is 6.82. The normalized spacial score (nSPS) is 11.6. The quantitative estimate of drug-likeness (QED) is 0.459. The van der Waals surface area contributed by atoms with Crippen molar-refractivity contribution in [3.8, 4) is 11.6 Å². The van der Waals surface area contributed by atoms with Crippen LogP contribution >= 0.6 is 11.6 Å². The van der Waals surface area contributed by atoms with Gasteiger partial charge in [0, 0.05) is 5.02 Å². The molecule has 0 spiro atoms. The minimum absolute atomic E-state index is 0.0367. The van der Waals surface area contributed by atoms with Crippen LogP contribution in [0, 0.1) is 6.92 Å². The zero-order valence-corrected chi connectivity index (χ0v) is 17.5. The average Bonchev–Trinajstić information content (AvgIpc) is 3.13. The molecule has 1 N–H and O–H groups in total. The lowest BCUT2D eigenvalue weighted by atomic mass is 10.2. The second kappa shape index (κ2) is 8.12. The van der Waals surface area contributed by atoms with E-state index in [0.29, 0.717) is 10.8 Å². The molecule has 1 amide bonds. The lowest BCUT2D eigenvalue weighted by Gasteiger charge is -2.12. The van der Waals surface area contributed by atoms with Gasteiger partial charge in [-0.15, -0.1) is 0 Å². The van der Waals surface area contributed by atoms with Crippen LogP contribution in [0.3, 0.4) is 0 Å². The highest BCUT2D eigenvalue weighted by Gasteiger charge is 2.38. The van der Waals surface area contributed by atoms with E-state index in [1.54, 1.807) is 25.1 Å². The van der Waals surface area contributed by atoms with Gasteiger partial charge < -0.3 is 10.1 Å². The summed E-state index contributed by atoms with van der Waals surface area (Å²) in [5.41, 5.74) is 1.36. The van der Waals surface area contributed by atoms with E-state index in [2.05, 4.69) is 20.3 Å². The van der Waals surface area contributed by atoms with Gasteiger partial charge in [-0.1, -0.05) is 17.7 Å². The van der Waals surface area contributed by atoms with Gasteiger partial charge >= 0.3 is 6.18 Å². The molecule has 0 bridgehead atoms. The van der Waals surface area contributed by atoms with Crippen molar-refractivity contribution in [1.82, 2.24) is 19.5 Å². The molecule has 11 heteroatoms. The Bertz CT molecular complexity index is 1320. The van der Waals surface area contributed by atoms with Crippen LogP contribution in [0.4, 0.5) is 19.0 Å². The predicted molar refractivity (Wildman–Crippen MR) is 112 cm³/mol. The first-order chi connectivity index (χ1) is 15.2. The second-order valence-corrected chi connectivity index (χ2v) is 7.26. The molecule has 0 radical (unpaired) electrons. The highest BCUT2D eigenvalue weighted by molar-refractivity contribution is 6.31. The standard InChI is InChI=1S/C21H15ClF3N5O2/c1-11-3-5-15-14(7-11)28-20(21(23,24)25)30(15)18-10-26-17(9-27-18)29-19(31)13-8-12(22)4-6-16(13)32-2/h3-10H,1-2H3,(H,26,29,31). The molecule has 0 aliphatic rings. The van der Waals surface area contributed by atoms with E-state index in [0.717, 1.165) is 22.5 Å². The number of imidazole rings is 1. The lowest BCUT2D eigenvalue weighted by molar-refractivity contribution is -0.145.